The zero-order valence-electron chi connectivity index (χ0n) is 13.4. The van der Waals surface area contributed by atoms with E-state index in [1.807, 2.05) is 51.1 Å². The minimum Gasteiger partial charge on any atom is -0.460 e. The summed E-state index contributed by atoms with van der Waals surface area (Å²) in [4.78, 5) is 11.7. The van der Waals surface area contributed by atoms with Crippen molar-refractivity contribution < 1.29 is 19.0 Å². The molecule has 0 saturated carbocycles. The Labute approximate surface area is 127 Å². The molecule has 1 atom stereocenters. The van der Waals surface area contributed by atoms with Gasteiger partial charge in [-0.1, -0.05) is 30.3 Å². The number of rotatable bonds is 8. The standard InChI is InChI=1S/C17H26O4/c1-17(2,3)21-16(18)11-10-15(19-4)13-20-12-14-8-6-5-7-9-14/h5-9,15H,10-13H2,1-4H3. The fraction of sp³-hybridized carbons (Fsp3) is 0.588. The number of esters is 1. The Bertz CT molecular complexity index is 409. The van der Waals surface area contributed by atoms with Gasteiger partial charge in [-0.25, -0.2) is 0 Å². The number of hydrogen-bond donors (Lipinski definition) is 0. The van der Waals surface area contributed by atoms with E-state index in [0.29, 0.717) is 26.1 Å². The maximum absolute atomic E-state index is 11.7. The van der Waals surface area contributed by atoms with Gasteiger partial charge in [-0.3, -0.25) is 4.79 Å². The first-order valence-electron chi connectivity index (χ1n) is 7.27. The van der Waals surface area contributed by atoms with Gasteiger partial charge in [0.15, 0.2) is 0 Å². The highest BCUT2D eigenvalue weighted by atomic mass is 16.6. The molecule has 1 aromatic rings. The van der Waals surface area contributed by atoms with Crippen molar-refractivity contribution in [2.45, 2.75) is 51.9 Å². The number of methoxy groups -OCH3 is 1. The molecular weight excluding hydrogens is 268 g/mol. The molecule has 0 saturated heterocycles. The average molecular weight is 294 g/mol. The first kappa shape index (κ1) is 17.7. The molecule has 0 aliphatic carbocycles. The lowest BCUT2D eigenvalue weighted by Crippen LogP contribution is -2.26. The Hall–Kier alpha value is -1.39. The van der Waals surface area contributed by atoms with E-state index in [1.54, 1.807) is 7.11 Å². The highest BCUT2D eigenvalue weighted by Crippen LogP contribution is 2.11. The number of hydrogen-bond acceptors (Lipinski definition) is 4. The SMILES string of the molecule is COC(CCC(=O)OC(C)(C)C)COCc1ccccc1. The second-order valence-electron chi connectivity index (χ2n) is 5.98. The summed E-state index contributed by atoms with van der Waals surface area (Å²) in [5.41, 5.74) is 0.684. The Morgan fingerprint density at radius 3 is 2.43 bits per heavy atom. The summed E-state index contributed by atoms with van der Waals surface area (Å²) in [6.45, 7) is 6.60. The molecule has 1 rings (SSSR count). The van der Waals surface area contributed by atoms with Gasteiger partial charge in [0.1, 0.15) is 5.60 Å². The van der Waals surface area contributed by atoms with Gasteiger partial charge in [0.05, 0.1) is 19.3 Å². The maximum atomic E-state index is 11.7. The largest absolute Gasteiger partial charge is 0.460 e. The van der Waals surface area contributed by atoms with Crippen LogP contribution in [0.1, 0.15) is 39.2 Å². The number of carbonyl (C=O) groups is 1. The first-order chi connectivity index (χ1) is 9.90. The van der Waals surface area contributed by atoms with Crippen LogP contribution < -0.4 is 0 Å². The molecule has 0 bridgehead atoms. The van der Waals surface area contributed by atoms with Crippen LogP contribution >= 0.6 is 0 Å². The lowest BCUT2D eigenvalue weighted by Gasteiger charge is -2.20. The topological polar surface area (TPSA) is 44.8 Å². The zero-order valence-corrected chi connectivity index (χ0v) is 13.4. The Morgan fingerprint density at radius 2 is 1.86 bits per heavy atom. The van der Waals surface area contributed by atoms with Crippen LogP contribution in [-0.2, 0) is 25.6 Å². The molecule has 0 aromatic heterocycles. The smallest absolute Gasteiger partial charge is 0.306 e. The summed E-state index contributed by atoms with van der Waals surface area (Å²) in [6.07, 6.45) is 0.839. The highest BCUT2D eigenvalue weighted by molar-refractivity contribution is 5.69. The summed E-state index contributed by atoms with van der Waals surface area (Å²) in [6, 6.07) is 9.97. The van der Waals surface area contributed by atoms with Crippen molar-refractivity contribution in [2.75, 3.05) is 13.7 Å². The lowest BCUT2D eigenvalue weighted by atomic mass is 10.1. The quantitative estimate of drug-likeness (QED) is 0.690. The number of benzene rings is 1. The fourth-order valence-electron chi connectivity index (χ4n) is 1.82. The van der Waals surface area contributed by atoms with E-state index in [9.17, 15) is 4.79 Å². The van der Waals surface area contributed by atoms with Gasteiger partial charge >= 0.3 is 5.97 Å². The molecule has 0 aliphatic rings. The first-order valence-corrected chi connectivity index (χ1v) is 7.27. The molecule has 4 heteroatoms. The molecule has 1 unspecified atom stereocenters. The van der Waals surface area contributed by atoms with Crippen molar-refractivity contribution in [3.8, 4) is 0 Å². The van der Waals surface area contributed by atoms with Gasteiger partial charge in [-0.05, 0) is 32.8 Å². The van der Waals surface area contributed by atoms with E-state index in [-0.39, 0.29) is 12.1 Å². The molecule has 0 amide bonds. The molecule has 0 radical (unpaired) electrons. The molecule has 21 heavy (non-hydrogen) atoms. The van der Waals surface area contributed by atoms with Crippen LogP contribution in [0.15, 0.2) is 30.3 Å². The highest BCUT2D eigenvalue weighted by Gasteiger charge is 2.18. The average Bonchev–Trinajstić information content (AvgIpc) is 2.42. The van der Waals surface area contributed by atoms with E-state index in [2.05, 4.69) is 0 Å². The Kier molecular flexibility index (Phi) is 7.40. The van der Waals surface area contributed by atoms with Crippen molar-refractivity contribution in [1.82, 2.24) is 0 Å². The molecule has 4 nitrogen and oxygen atoms in total. The van der Waals surface area contributed by atoms with Crippen LogP contribution in [0, 0.1) is 0 Å². The molecule has 0 heterocycles. The van der Waals surface area contributed by atoms with Gasteiger partial charge < -0.3 is 14.2 Å². The molecule has 118 valence electrons. The summed E-state index contributed by atoms with van der Waals surface area (Å²) in [7, 11) is 1.63. The fourth-order valence-corrected chi connectivity index (χ4v) is 1.82. The van der Waals surface area contributed by atoms with Crippen molar-refractivity contribution in [3.63, 3.8) is 0 Å². The van der Waals surface area contributed by atoms with E-state index in [4.69, 9.17) is 14.2 Å². The normalized spacial score (nSPS) is 13.0. The predicted molar refractivity (Wildman–Crippen MR) is 82.0 cm³/mol. The molecule has 1 aromatic carbocycles. The second kappa shape index (κ2) is 8.80. The molecular formula is C17H26O4. The summed E-state index contributed by atoms with van der Waals surface area (Å²) >= 11 is 0. The zero-order chi connectivity index (χ0) is 15.7. The summed E-state index contributed by atoms with van der Waals surface area (Å²) in [5.74, 6) is -0.201. The van der Waals surface area contributed by atoms with Crippen molar-refractivity contribution >= 4 is 5.97 Å². The number of carbonyl (C=O) groups excluding carboxylic acids is 1. The Morgan fingerprint density at radius 1 is 1.19 bits per heavy atom. The van der Waals surface area contributed by atoms with Gasteiger partial charge in [0.25, 0.3) is 0 Å². The molecule has 0 fully saturated rings. The molecule has 0 N–H and O–H groups in total. The van der Waals surface area contributed by atoms with Crippen LogP contribution in [0.2, 0.25) is 0 Å². The minimum absolute atomic E-state index is 0.0961. The minimum atomic E-state index is -0.441. The van der Waals surface area contributed by atoms with E-state index in [1.165, 1.54) is 0 Å². The van der Waals surface area contributed by atoms with E-state index >= 15 is 0 Å². The predicted octanol–water partition coefficient (Wildman–Crippen LogP) is 3.34. The number of ether oxygens (including phenoxy) is 3. The van der Waals surface area contributed by atoms with Crippen molar-refractivity contribution in [2.24, 2.45) is 0 Å². The second-order valence-corrected chi connectivity index (χ2v) is 5.98. The van der Waals surface area contributed by atoms with E-state index < -0.39 is 5.60 Å². The van der Waals surface area contributed by atoms with Crippen molar-refractivity contribution in [1.29, 1.82) is 0 Å². The summed E-state index contributed by atoms with van der Waals surface area (Å²) in [5, 5.41) is 0. The van der Waals surface area contributed by atoms with Crippen LogP contribution in [0.5, 0.6) is 0 Å². The molecule has 0 spiro atoms. The van der Waals surface area contributed by atoms with Crippen molar-refractivity contribution in [3.05, 3.63) is 35.9 Å². The Balaban J connectivity index is 2.24. The van der Waals surface area contributed by atoms with Crippen LogP contribution in [0.3, 0.4) is 0 Å². The third-order valence-electron chi connectivity index (χ3n) is 2.84. The van der Waals surface area contributed by atoms with Gasteiger partial charge in [-0.15, -0.1) is 0 Å². The molecule has 0 aliphatic heterocycles. The maximum Gasteiger partial charge on any atom is 0.306 e. The third kappa shape index (κ3) is 8.48. The van der Waals surface area contributed by atoms with E-state index in [0.717, 1.165) is 5.56 Å². The lowest BCUT2D eigenvalue weighted by molar-refractivity contribution is -0.155. The van der Waals surface area contributed by atoms with Crippen LogP contribution in [0.4, 0.5) is 0 Å². The summed E-state index contributed by atoms with van der Waals surface area (Å²) < 4.78 is 16.2. The van der Waals surface area contributed by atoms with Gasteiger partial charge in [0, 0.05) is 13.5 Å². The van der Waals surface area contributed by atoms with Gasteiger partial charge in [-0.2, -0.15) is 0 Å². The monoisotopic (exact) mass is 294 g/mol. The van der Waals surface area contributed by atoms with Crippen LogP contribution in [-0.4, -0.2) is 31.4 Å². The third-order valence-corrected chi connectivity index (χ3v) is 2.84. The van der Waals surface area contributed by atoms with Gasteiger partial charge in [0.2, 0.25) is 0 Å². The van der Waals surface area contributed by atoms with Crippen LogP contribution in [0.25, 0.3) is 0 Å².